The Bertz CT molecular complexity index is 718. The van der Waals surface area contributed by atoms with Crippen LogP contribution >= 0.6 is 0 Å². The normalized spacial score (nSPS) is 17.0. The third kappa shape index (κ3) is 3.68. The summed E-state index contributed by atoms with van der Waals surface area (Å²) in [6.45, 7) is 0.873. The zero-order chi connectivity index (χ0) is 16.9. The molecule has 0 spiro atoms. The Morgan fingerprint density at radius 1 is 1.29 bits per heavy atom. The van der Waals surface area contributed by atoms with Gasteiger partial charge in [-0.3, -0.25) is 14.9 Å². The summed E-state index contributed by atoms with van der Waals surface area (Å²) in [5.41, 5.74) is 0.997. The van der Waals surface area contributed by atoms with Crippen LogP contribution in [-0.2, 0) is 16.1 Å². The van der Waals surface area contributed by atoms with Gasteiger partial charge >= 0.3 is 0 Å². The molecule has 1 fully saturated rings. The summed E-state index contributed by atoms with van der Waals surface area (Å²) in [6, 6.07) is 9.21. The number of nitrogens with zero attached hydrogens (tertiary/aromatic N) is 3. The Labute approximate surface area is 139 Å². The quantitative estimate of drug-likeness (QED) is 0.899. The number of carbonyl (C=O) groups is 2. The molecule has 0 saturated carbocycles. The predicted octanol–water partition coefficient (Wildman–Crippen LogP) is 1.47. The molecule has 0 radical (unpaired) electrons. The molecule has 1 atom stereocenters. The lowest BCUT2D eigenvalue weighted by Gasteiger charge is -2.16. The van der Waals surface area contributed by atoms with Crippen molar-refractivity contribution in [1.82, 2.24) is 14.9 Å². The van der Waals surface area contributed by atoms with Crippen molar-refractivity contribution in [1.29, 1.82) is 0 Å². The van der Waals surface area contributed by atoms with Gasteiger partial charge in [-0.1, -0.05) is 12.1 Å². The van der Waals surface area contributed by atoms with Gasteiger partial charge in [-0.15, -0.1) is 0 Å². The van der Waals surface area contributed by atoms with Gasteiger partial charge < -0.3 is 9.64 Å². The number of ether oxygens (including phenoxy) is 1. The lowest BCUT2D eigenvalue weighted by molar-refractivity contribution is -0.128. The minimum Gasteiger partial charge on any atom is -0.497 e. The smallest absolute Gasteiger partial charge is 0.232 e. The standard InChI is InChI=1S/C17H18N4O3/c1-24-14-5-3-12(4-6-14)10-21-11-13(9-15(21)22)16(23)20-17-18-7-2-8-19-17/h2-8,13H,9-11H2,1H3,(H,18,19,20,23). The zero-order valence-electron chi connectivity index (χ0n) is 13.3. The average Bonchev–Trinajstić information content (AvgIpc) is 2.97. The number of methoxy groups -OCH3 is 1. The first kappa shape index (κ1) is 15.9. The zero-order valence-corrected chi connectivity index (χ0v) is 13.3. The summed E-state index contributed by atoms with van der Waals surface area (Å²) in [4.78, 5) is 34.0. The maximum atomic E-state index is 12.3. The van der Waals surface area contributed by atoms with Crippen LogP contribution in [-0.4, -0.2) is 40.3 Å². The fourth-order valence-electron chi connectivity index (χ4n) is 2.63. The summed E-state index contributed by atoms with van der Waals surface area (Å²) in [6.07, 6.45) is 3.31. The van der Waals surface area contributed by atoms with Crippen molar-refractivity contribution in [2.75, 3.05) is 19.0 Å². The Kier molecular flexibility index (Phi) is 4.69. The second-order valence-corrected chi connectivity index (χ2v) is 5.59. The first-order chi connectivity index (χ1) is 11.7. The van der Waals surface area contributed by atoms with Crippen LogP contribution in [0.1, 0.15) is 12.0 Å². The lowest BCUT2D eigenvalue weighted by Crippen LogP contribution is -2.28. The van der Waals surface area contributed by atoms with Gasteiger partial charge in [-0.2, -0.15) is 0 Å². The molecule has 1 aliphatic heterocycles. The third-order valence-corrected chi connectivity index (χ3v) is 3.92. The molecular formula is C17H18N4O3. The fourth-order valence-corrected chi connectivity index (χ4v) is 2.63. The molecule has 0 bridgehead atoms. The lowest BCUT2D eigenvalue weighted by atomic mass is 10.1. The number of hydrogen-bond acceptors (Lipinski definition) is 5. The molecular weight excluding hydrogens is 308 g/mol. The number of hydrogen-bond donors (Lipinski definition) is 1. The SMILES string of the molecule is COc1ccc(CN2CC(C(=O)Nc3ncccn3)CC2=O)cc1. The van der Waals surface area contributed by atoms with Crippen LogP contribution in [0.3, 0.4) is 0 Å². The first-order valence-electron chi connectivity index (χ1n) is 7.64. The topological polar surface area (TPSA) is 84.4 Å². The van der Waals surface area contributed by atoms with Crippen molar-refractivity contribution < 1.29 is 14.3 Å². The molecule has 2 aromatic rings. The molecule has 1 aromatic heterocycles. The Morgan fingerprint density at radius 2 is 2.00 bits per heavy atom. The molecule has 7 nitrogen and oxygen atoms in total. The number of benzene rings is 1. The van der Waals surface area contributed by atoms with Crippen molar-refractivity contribution in [3.63, 3.8) is 0 Å². The molecule has 124 valence electrons. The van der Waals surface area contributed by atoms with Crippen LogP contribution < -0.4 is 10.1 Å². The number of aromatic nitrogens is 2. The van der Waals surface area contributed by atoms with Crippen LogP contribution in [0, 0.1) is 5.92 Å². The minimum absolute atomic E-state index is 0.0278. The summed E-state index contributed by atoms with van der Waals surface area (Å²) < 4.78 is 5.12. The largest absolute Gasteiger partial charge is 0.497 e. The van der Waals surface area contributed by atoms with E-state index in [1.165, 1.54) is 0 Å². The Balaban J connectivity index is 1.59. The number of anilines is 1. The molecule has 1 N–H and O–H groups in total. The second kappa shape index (κ2) is 7.08. The van der Waals surface area contributed by atoms with Crippen molar-refractivity contribution in [3.8, 4) is 5.75 Å². The number of likely N-dealkylation sites (tertiary alicyclic amines) is 1. The summed E-state index contributed by atoms with van der Waals surface area (Å²) in [5, 5.41) is 2.65. The third-order valence-electron chi connectivity index (χ3n) is 3.92. The van der Waals surface area contributed by atoms with E-state index in [9.17, 15) is 9.59 Å². The molecule has 7 heteroatoms. The molecule has 3 rings (SSSR count). The highest BCUT2D eigenvalue weighted by Gasteiger charge is 2.34. The van der Waals surface area contributed by atoms with E-state index < -0.39 is 0 Å². The van der Waals surface area contributed by atoms with Crippen LogP contribution in [0.5, 0.6) is 5.75 Å². The Morgan fingerprint density at radius 3 is 2.67 bits per heavy atom. The van der Waals surface area contributed by atoms with Crippen molar-refractivity contribution in [3.05, 3.63) is 48.3 Å². The molecule has 1 saturated heterocycles. The van der Waals surface area contributed by atoms with Crippen LogP contribution in [0.2, 0.25) is 0 Å². The van der Waals surface area contributed by atoms with E-state index in [2.05, 4.69) is 15.3 Å². The maximum absolute atomic E-state index is 12.3. The number of carbonyl (C=O) groups excluding carboxylic acids is 2. The monoisotopic (exact) mass is 326 g/mol. The van der Waals surface area contributed by atoms with E-state index in [-0.39, 0.29) is 30.1 Å². The molecule has 2 heterocycles. The van der Waals surface area contributed by atoms with Gasteiger partial charge in [0.15, 0.2) is 0 Å². The van der Waals surface area contributed by atoms with E-state index >= 15 is 0 Å². The van der Waals surface area contributed by atoms with Gasteiger partial charge in [0.2, 0.25) is 17.8 Å². The van der Waals surface area contributed by atoms with E-state index in [1.54, 1.807) is 30.5 Å². The van der Waals surface area contributed by atoms with Gasteiger partial charge in [-0.25, -0.2) is 9.97 Å². The van der Waals surface area contributed by atoms with Gasteiger partial charge in [0.25, 0.3) is 0 Å². The summed E-state index contributed by atoms with van der Waals surface area (Å²) in [7, 11) is 1.61. The van der Waals surface area contributed by atoms with E-state index in [4.69, 9.17) is 4.74 Å². The maximum Gasteiger partial charge on any atom is 0.232 e. The minimum atomic E-state index is -0.389. The highest BCUT2D eigenvalue weighted by Crippen LogP contribution is 2.22. The van der Waals surface area contributed by atoms with Gasteiger partial charge in [-0.05, 0) is 23.8 Å². The fraction of sp³-hybridized carbons (Fsp3) is 0.294. The van der Waals surface area contributed by atoms with Crippen LogP contribution in [0.25, 0.3) is 0 Å². The van der Waals surface area contributed by atoms with Gasteiger partial charge in [0.1, 0.15) is 5.75 Å². The molecule has 1 unspecified atom stereocenters. The van der Waals surface area contributed by atoms with Crippen molar-refractivity contribution in [2.24, 2.45) is 5.92 Å². The van der Waals surface area contributed by atoms with Crippen molar-refractivity contribution >= 4 is 17.8 Å². The average molecular weight is 326 g/mol. The highest BCUT2D eigenvalue weighted by molar-refractivity contribution is 5.96. The molecule has 1 aliphatic rings. The first-order valence-corrected chi connectivity index (χ1v) is 7.64. The van der Waals surface area contributed by atoms with Crippen LogP contribution in [0.15, 0.2) is 42.7 Å². The van der Waals surface area contributed by atoms with Gasteiger partial charge in [0.05, 0.1) is 13.0 Å². The summed E-state index contributed by atoms with van der Waals surface area (Å²) in [5.74, 6) is 0.376. The molecule has 1 aromatic carbocycles. The predicted molar refractivity (Wildman–Crippen MR) is 87.2 cm³/mol. The van der Waals surface area contributed by atoms with Crippen molar-refractivity contribution in [2.45, 2.75) is 13.0 Å². The molecule has 2 amide bonds. The van der Waals surface area contributed by atoms with E-state index in [0.29, 0.717) is 13.1 Å². The number of nitrogens with one attached hydrogen (secondary N) is 1. The Hall–Kier alpha value is -2.96. The number of rotatable bonds is 5. The van der Waals surface area contributed by atoms with Gasteiger partial charge in [0, 0.05) is 31.9 Å². The highest BCUT2D eigenvalue weighted by atomic mass is 16.5. The second-order valence-electron chi connectivity index (χ2n) is 5.59. The van der Waals surface area contributed by atoms with E-state index in [0.717, 1.165) is 11.3 Å². The number of amides is 2. The molecule has 0 aliphatic carbocycles. The van der Waals surface area contributed by atoms with Crippen LogP contribution in [0.4, 0.5) is 5.95 Å². The summed E-state index contributed by atoms with van der Waals surface area (Å²) >= 11 is 0. The van der Waals surface area contributed by atoms with E-state index in [1.807, 2.05) is 24.3 Å². The molecule has 24 heavy (non-hydrogen) atoms.